The van der Waals surface area contributed by atoms with Crippen molar-refractivity contribution >= 4 is 17.6 Å². The lowest BCUT2D eigenvalue weighted by molar-refractivity contribution is -0.153. The third-order valence-corrected chi connectivity index (χ3v) is 3.92. The van der Waals surface area contributed by atoms with E-state index in [9.17, 15) is 22.8 Å². The molecular formula is C19H21F3N2O5. The molecule has 0 unspecified atom stereocenters. The fourth-order valence-corrected chi connectivity index (χ4v) is 2.61. The Morgan fingerprint density at radius 1 is 1.14 bits per heavy atom. The van der Waals surface area contributed by atoms with Crippen LogP contribution in [0, 0.1) is 13.8 Å². The molecule has 0 bridgehead atoms. The number of halogens is 3. The highest BCUT2D eigenvalue weighted by Crippen LogP contribution is 2.27. The van der Waals surface area contributed by atoms with Gasteiger partial charge in [-0.25, -0.2) is 4.79 Å². The number of benzene rings is 1. The third-order valence-electron chi connectivity index (χ3n) is 3.92. The van der Waals surface area contributed by atoms with Crippen molar-refractivity contribution in [3.8, 4) is 5.75 Å². The first-order valence-electron chi connectivity index (χ1n) is 8.59. The second-order valence-electron chi connectivity index (χ2n) is 6.11. The topological polar surface area (TPSA) is 89.7 Å². The summed E-state index contributed by atoms with van der Waals surface area (Å²) in [6.45, 7) is 1.98. The summed E-state index contributed by atoms with van der Waals surface area (Å²) in [7, 11) is 1.47. The highest BCUT2D eigenvalue weighted by molar-refractivity contribution is 6.07. The summed E-state index contributed by atoms with van der Waals surface area (Å²) in [4.78, 5) is 27.7. The fourth-order valence-electron chi connectivity index (χ4n) is 2.61. The van der Waals surface area contributed by atoms with Gasteiger partial charge in [-0.2, -0.15) is 13.2 Å². The third kappa shape index (κ3) is 5.98. The number of hydrogen-bond acceptors (Lipinski definition) is 5. The summed E-state index contributed by atoms with van der Waals surface area (Å²) < 4.78 is 51.9. The van der Waals surface area contributed by atoms with Crippen LogP contribution in [0.3, 0.4) is 0 Å². The van der Waals surface area contributed by atoms with Gasteiger partial charge >= 0.3 is 12.1 Å². The van der Waals surface area contributed by atoms with E-state index in [0.717, 1.165) is 0 Å². The van der Waals surface area contributed by atoms with Crippen LogP contribution in [0.25, 0.3) is 0 Å². The van der Waals surface area contributed by atoms with Gasteiger partial charge in [0.25, 0.3) is 5.91 Å². The normalized spacial score (nSPS) is 11.2. The number of carbonyl (C=O) groups excluding carboxylic acids is 2. The number of H-pyrrole nitrogens is 1. The maximum atomic E-state index is 12.6. The van der Waals surface area contributed by atoms with Crippen molar-refractivity contribution < 1.29 is 37.0 Å². The quantitative estimate of drug-likeness (QED) is 0.509. The fraction of sp³-hybridized carbons (Fsp3) is 0.368. The van der Waals surface area contributed by atoms with E-state index in [1.165, 1.54) is 25.3 Å². The van der Waals surface area contributed by atoms with Crippen molar-refractivity contribution in [2.24, 2.45) is 0 Å². The van der Waals surface area contributed by atoms with Gasteiger partial charge in [0.15, 0.2) is 6.61 Å². The molecule has 0 fully saturated rings. The number of hydrogen-bond donors (Lipinski definition) is 2. The Hall–Kier alpha value is -3.01. The Bertz CT molecular complexity index is 877. The molecule has 2 aromatic rings. The molecule has 0 atom stereocenters. The summed E-state index contributed by atoms with van der Waals surface area (Å²) in [5.74, 6) is -1.37. The molecule has 2 rings (SSSR count). The van der Waals surface area contributed by atoms with Crippen molar-refractivity contribution in [3.05, 3.63) is 46.8 Å². The van der Waals surface area contributed by atoms with Crippen LogP contribution in [0.5, 0.6) is 5.75 Å². The highest BCUT2D eigenvalue weighted by atomic mass is 19.4. The smallest absolute Gasteiger partial charge is 0.422 e. The Morgan fingerprint density at radius 2 is 1.83 bits per heavy atom. The lowest BCUT2D eigenvalue weighted by atomic mass is 10.1. The maximum Gasteiger partial charge on any atom is 0.422 e. The first-order chi connectivity index (χ1) is 13.6. The number of aromatic nitrogens is 1. The van der Waals surface area contributed by atoms with Crippen LogP contribution < -0.4 is 10.1 Å². The minimum Gasteiger partial charge on any atom is -0.482 e. The number of esters is 1. The molecular weight excluding hydrogens is 393 g/mol. The number of alkyl halides is 3. The second kappa shape index (κ2) is 9.46. The summed E-state index contributed by atoms with van der Waals surface area (Å²) >= 11 is 0. The van der Waals surface area contributed by atoms with Crippen LogP contribution in [0.15, 0.2) is 24.3 Å². The van der Waals surface area contributed by atoms with Gasteiger partial charge in [0.2, 0.25) is 0 Å². The molecule has 0 saturated carbocycles. The van der Waals surface area contributed by atoms with Crippen molar-refractivity contribution in [2.45, 2.75) is 20.0 Å². The summed E-state index contributed by atoms with van der Waals surface area (Å²) in [5, 5.41) is 2.50. The minimum absolute atomic E-state index is 0.0604. The first-order valence-corrected chi connectivity index (χ1v) is 8.59. The van der Waals surface area contributed by atoms with Crippen LogP contribution in [0.2, 0.25) is 0 Å². The number of aromatic amines is 1. The van der Waals surface area contributed by atoms with Crippen molar-refractivity contribution in [1.29, 1.82) is 0 Å². The Balaban J connectivity index is 2.18. The Labute approximate surface area is 165 Å². The number of anilines is 1. The minimum atomic E-state index is -4.51. The predicted octanol–water partition coefficient (Wildman–Crippen LogP) is 3.63. The van der Waals surface area contributed by atoms with E-state index < -0.39 is 24.7 Å². The monoisotopic (exact) mass is 414 g/mol. The Kier molecular flexibility index (Phi) is 7.27. The molecule has 10 heteroatoms. The maximum absolute atomic E-state index is 12.6. The number of ether oxygens (including phenoxy) is 3. The molecule has 2 N–H and O–H groups in total. The predicted molar refractivity (Wildman–Crippen MR) is 98.4 cm³/mol. The van der Waals surface area contributed by atoms with Gasteiger partial charge in [-0.3, -0.25) is 4.79 Å². The van der Waals surface area contributed by atoms with Gasteiger partial charge < -0.3 is 24.5 Å². The molecule has 7 nitrogen and oxygen atoms in total. The molecule has 1 amide bonds. The number of carbonyl (C=O) groups is 2. The van der Waals surface area contributed by atoms with Crippen molar-refractivity contribution in [3.63, 3.8) is 0 Å². The Morgan fingerprint density at radius 3 is 2.48 bits per heavy atom. The summed E-state index contributed by atoms with van der Waals surface area (Å²) in [5.41, 5.74) is 1.16. The van der Waals surface area contributed by atoms with E-state index in [1.807, 2.05) is 0 Å². The number of amides is 1. The average molecular weight is 414 g/mol. The van der Waals surface area contributed by atoms with Gasteiger partial charge in [-0.1, -0.05) is 12.1 Å². The van der Waals surface area contributed by atoms with Crippen molar-refractivity contribution in [1.82, 2.24) is 4.98 Å². The molecule has 158 valence electrons. The number of para-hydroxylation sites is 2. The van der Waals surface area contributed by atoms with E-state index in [-0.39, 0.29) is 35.9 Å². The summed E-state index contributed by atoms with van der Waals surface area (Å²) in [6, 6.07) is 5.75. The van der Waals surface area contributed by atoms with E-state index in [4.69, 9.17) is 14.2 Å². The van der Waals surface area contributed by atoms with Crippen LogP contribution in [0.4, 0.5) is 18.9 Å². The number of nitrogens with one attached hydrogen (secondary N) is 2. The highest BCUT2D eigenvalue weighted by Gasteiger charge is 2.29. The van der Waals surface area contributed by atoms with E-state index in [0.29, 0.717) is 11.3 Å². The molecule has 1 aromatic heterocycles. The average Bonchev–Trinajstić information content (AvgIpc) is 2.95. The van der Waals surface area contributed by atoms with Crippen LogP contribution in [0.1, 0.15) is 32.1 Å². The van der Waals surface area contributed by atoms with Gasteiger partial charge in [-0.15, -0.1) is 0 Å². The van der Waals surface area contributed by atoms with Crippen LogP contribution in [-0.2, 0) is 9.47 Å². The molecule has 1 heterocycles. The lowest BCUT2D eigenvalue weighted by Gasteiger charge is -2.13. The molecule has 0 radical (unpaired) electrons. The lowest BCUT2D eigenvalue weighted by Crippen LogP contribution is -2.20. The van der Waals surface area contributed by atoms with Crippen LogP contribution in [-0.4, -0.2) is 50.0 Å². The largest absolute Gasteiger partial charge is 0.482 e. The molecule has 0 aliphatic carbocycles. The number of methoxy groups -OCH3 is 1. The number of aryl methyl sites for hydroxylation is 1. The molecule has 29 heavy (non-hydrogen) atoms. The zero-order valence-corrected chi connectivity index (χ0v) is 16.1. The van der Waals surface area contributed by atoms with Gasteiger partial charge in [0, 0.05) is 12.8 Å². The zero-order chi connectivity index (χ0) is 21.6. The van der Waals surface area contributed by atoms with Crippen LogP contribution >= 0.6 is 0 Å². The second-order valence-corrected chi connectivity index (χ2v) is 6.11. The summed E-state index contributed by atoms with van der Waals surface area (Å²) in [6.07, 6.45) is -4.51. The first kappa shape index (κ1) is 22.3. The number of rotatable bonds is 8. The van der Waals surface area contributed by atoms with E-state index >= 15 is 0 Å². The molecule has 0 spiro atoms. The van der Waals surface area contributed by atoms with Gasteiger partial charge in [-0.05, 0) is 31.5 Å². The molecule has 0 aliphatic rings. The molecule has 0 saturated heterocycles. The zero-order valence-electron chi connectivity index (χ0n) is 16.1. The van der Waals surface area contributed by atoms with Gasteiger partial charge in [0.05, 0.1) is 17.9 Å². The standard InChI is InChI=1S/C19H21F3N2O5/c1-11-15(18(26)28-9-8-27-3)12(2)23-16(11)17(25)24-13-6-4-5-7-14(13)29-10-19(20,21)22/h4-7,23H,8-10H2,1-3H3,(H,24,25). The van der Waals surface area contributed by atoms with Gasteiger partial charge in [0.1, 0.15) is 18.1 Å². The molecule has 0 aliphatic heterocycles. The van der Waals surface area contributed by atoms with E-state index in [1.54, 1.807) is 19.9 Å². The molecule has 1 aromatic carbocycles. The van der Waals surface area contributed by atoms with E-state index in [2.05, 4.69) is 10.3 Å². The SMILES string of the molecule is COCCOC(=O)c1c(C)[nH]c(C(=O)Nc2ccccc2OCC(F)(F)F)c1C. The van der Waals surface area contributed by atoms with Crippen molar-refractivity contribution in [2.75, 3.05) is 32.2 Å².